The summed E-state index contributed by atoms with van der Waals surface area (Å²) in [5.41, 5.74) is 1.36. The molecule has 0 radical (unpaired) electrons. The molecule has 2 heterocycles. The molecule has 1 amide bonds. The van der Waals surface area contributed by atoms with E-state index in [2.05, 4.69) is 54.4 Å². The molecule has 23 heavy (non-hydrogen) atoms. The highest BCUT2D eigenvalue weighted by atomic mass is 16.5. The number of hydrogen-bond acceptors (Lipinski definition) is 3. The molecule has 3 rings (SSSR count). The summed E-state index contributed by atoms with van der Waals surface area (Å²) in [6.07, 6.45) is 1.88. The van der Waals surface area contributed by atoms with Crippen LogP contribution in [0.4, 0.5) is 0 Å². The quantitative estimate of drug-likeness (QED) is 0.907. The van der Waals surface area contributed by atoms with Crippen molar-refractivity contribution in [3.05, 3.63) is 35.9 Å². The molecule has 2 aliphatic rings. The maximum atomic E-state index is 12.3. The first-order chi connectivity index (χ1) is 11.1. The molecule has 2 aliphatic heterocycles. The standard InChI is InChI=1S/C19H28N2O2/c1-14-9-11-23-18(14)19(22)20-15(2)17-8-10-21(13-17)12-16-6-4-3-5-7-16/h3-7,14-15,17-18H,8-13H2,1-2H3,(H,20,22)/t14-,15-,17+,18+/m1/s1. The monoisotopic (exact) mass is 316 g/mol. The van der Waals surface area contributed by atoms with Crippen LogP contribution in [0.15, 0.2) is 30.3 Å². The van der Waals surface area contributed by atoms with Crippen molar-refractivity contribution < 1.29 is 9.53 Å². The van der Waals surface area contributed by atoms with E-state index in [-0.39, 0.29) is 18.1 Å². The number of amides is 1. The highest BCUT2D eigenvalue weighted by Crippen LogP contribution is 2.23. The molecule has 0 unspecified atom stereocenters. The molecule has 1 N–H and O–H groups in total. The van der Waals surface area contributed by atoms with Gasteiger partial charge < -0.3 is 10.1 Å². The zero-order valence-corrected chi connectivity index (χ0v) is 14.2. The predicted octanol–water partition coefficient (Wildman–Crippen LogP) is 2.44. The molecule has 4 heteroatoms. The van der Waals surface area contributed by atoms with Crippen molar-refractivity contribution in [2.45, 2.75) is 45.4 Å². The van der Waals surface area contributed by atoms with Gasteiger partial charge in [-0.1, -0.05) is 37.3 Å². The number of likely N-dealkylation sites (tertiary alicyclic amines) is 1. The fourth-order valence-electron chi connectivity index (χ4n) is 3.71. The van der Waals surface area contributed by atoms with Crippen LogP contribution in [0.25, 0.3) is 0 Å². The molecule has 0 spiro atoms. The van der Waals surface area contributed by atoms with Gasteiger partial charge in [0.05, 0.1) is 0 Å². The van der Waals surface area contributed by atoms with Crippen LogP contribution < -0.4 is 5.32 Å². The van der Waals surface area contributed by atoms with Crippen LogP contribution in [0.5, 0.6) is 0 Å². The van der Waals surface area contributed by atoms with Gasteiger partial charge in [0.15, 0.2) is 0 Å². The van der Waals surface area contributed by atoms with Crippen molar-refractivity contribution in [2.24, 2.45) is 11.8 Å². The van der Waals surface area contributed by atoms with E-state index in [1.54, 1.807) is 0 Å². The summed E-state index contributed by atoms with van der Waals surface area (Å²) < 4.78 is 5.57. The Bertz CT molecular complexity index is 519. The minimum Gasteiger partial charge on any atom is -0.368 e. The van der Waals surface area contributed by atoms with Gasteiger partial charge in [0.2, 0.25) is 5.91 Å². The van der Waals surface area contributed by atoms with E-state index in [0.29, 0.717) is 18.4 Å². The van der Waals surface area contributed by atoms with Crippen LogP contribution in [-0.4, -0.2) is 42.6 Å². The first kappa shape index (κ1) is 16.5. The van der Waals surface area contributed by atoms with Crippen molar-refractivity contribution in [3.8, 4) is 0 Å². The summed E-state index contributed by atoms with van der Waals surface area (Å²) >= 11 is 0. The fraction of sp³-hybridized carbons (Fsp3) is 0.632. The van der Waals surface area contributed by atoms with Crippen LogP contribution in [0.3, 0.4) is 0 Å². The molecule has 126 valence electrons. The first-order valence-electron chi connectivity index (χ1n) is 8.81. The Morgan fingerprint density at radius 3 is 2.83 bits per heavy atom. The second-order valence-electron chi connectivity index (χ2n) is 7.12. The Hall–Kier alpha value is -1.39. The van der Waals surface area contributed by atoms with E-state index in [0.717, 1.165) is 32.5 Å². The van der Waals surface area contributed by atoms with Crippen molar-refractivity contribution in [1.29, 1.82) is 0 Å². The Balaban J connectivity index is 1.47. The Labute approximate surface area is 139 Å². The number of nitrogens with one attached hydrogen (secondary N) is 1. The van der Waals surface area contributed by atoms with Crippen molar-refractivity contribution >= 4 is 5.91 Å². The molecule has 2 fully saturated rings. The lowest BCUT2D eigenvalue weighted by molar-refractivity contribution is -0.132. The summed E-state index contributed by atoms with van der Waals surface area (Å²) in [5.74, 6) is 0.934. The second-order valence-corrected chi connectivity index (χ2v) is 7.12. The smallest absolute Gasteiger partial charge is 0.249 e. The molecule has 2 saturated heterocycles. The van der Waals surface area contributed by atoms with Crippen molar-refractivity contribution in [1.82, 2.24) is 10.2 Å². The maximum absolute atomic E-state index is 12.3. The summed E-state index contributed by atoms with van der Waals surface area (Å²) in [5, 5.41) is 3.19. The van der Waals surface area contributed by atoms with Gasteiger partial charge in [-0.05, 0) is 43.7 Å². The molecule has 1 aromatic rings. The van der Waals surface area contributed by atoms with Crippen LogP contribution >= 0.6 is 0 Å². The number of hydrogen-bond donors (Lipinski definition) is 1. The summed E-state index contributed by atoms with van der Waals surface area (Å²) in [6.45, 7) is 8.10. The van der Waals surface area contributed by atoms with E-state index < -0.39 is 0 Å². The number of carbonyl (C=O) groups excluding carboxylic acids is 1. The predicted molar refractivity (Wildman–Crippen MR) is 91.0 cm³/mol. The lowest BCUT2D eigenvalue weighted by Gasteiger charge is -2.24. The van der Waals surface area contributed by atoms with Gasteiger partial charge in [-0.3, -0.25) is 9.69 Å². The van der Waals surface area contributed by atoms with E-state index >= 15 is 0 Å². The van der Waals surface area contributed by atoms with Crippen molar-refractivity contribution in [2.75, 3.05) is 19.7 Å². The number of carbonyl (C=O) groups is 1. The van der Waals surface area contributed by atoms with E-state index in [4.69, 9.17) is 4.74 Å². The number of ether oxygens (including phenoxy) is 1. The fourth-order valence-corrected chi connectivity index (χ4v) is 3.71. The van der Waals surface area contributed by atoms with E-state index in [1.165, 1.54) is 5.56 Å². The maximum Gasteiger partial charge on any atom is 0.249 e. The van der Waals surface area contributed by atoms with Gasteiger partial charge in [0.1, 0.15) is 6.10 Å². The molecular weight excluding hydrogens is 288 g/mol. The van der Waals surface area contributed by atoms with Gasteiger partial charge in [0, 0.05) is 25.7 Å². The van der Waals surface area contributed by atoms with Crippen LogP contribution in [-0.2, 0) is 16.1 Å². The van der Waals surface area contributed by atoms with Crippen LogP contribution in [0, 0.1) is 11.8 Å². The van der Waals surface area contributed by atoms with Crippen LogP contribution in [0.1, 0.15) is 32.3 Å². The van der Waals surface area contributed by atoms with E-state index in [9.17, 15) is 4.79 Å². The Morgan fingerprint density at radius 1 is 1.35 bits per heavy atom. The highest BCUT2D eigenvalue weighted by Gasteiger charge is 2.34. The third kappa shape index (κ3) is 4.12. The molecule has 4 atom stereocenters. The summed E-state index contributed by atoms with van der Waals surface area (Å²) in [4.78, 5) is 14.8. The Morgan fingerprint density at radius 2 is 2.13 bits per heavy atom. The summed E-state index contributed by atoms with van der Waals surface area (Å²) in [6, 6.07) is 10.8. The summed E-state index contributed by atoms with van der Waals surface area (Å²) in [7, 11) is 0. The first-order valence-corrected chi connectivity index (χ1v) is 8.81. The number of benzene rings is 1. The van der Waals surface area contributed by atoms with Gasteiger partial charge in [-0.15, -0.1) is 0 Å². The van der Waals surface area contributed by atoms with Gasteiger partial charge >= 0.3 is 0 Å². The minimum atomic E-state index is -0.251. The number of rotatable bonds is 5. The zero-order chi connectivity index (χ0) is 16.2. The van der Waals surface area contributed by atoms with Gasteiger partial charge in [-0.2, -0.15) is 0 Å². The Kier molecular flexibility index (Phi) is 5.34. The SMILES string of the molecule is C[C@@H]1CCO[C@@H]1C(=O)N[C@H](C)[C@H]1CCN(Cc2ccccc2)C1. The molecule has 0 aromatic heterocycles. The van der Waals surface area contributed by atoms with E-state index in [1.807, 2.05) is 0 Å². The van der Waals surface area contributed by atoms with Crippen molar-refractivity contribution in [3.63, 3.8) is 0 Å². The lowest BCUT2D eigenvalue weighted by atomic mass is 9.99. The zero-order valence-electron chi connectivity index (χ0n) is 14.2. The largest absolute Gasteiger partial charge is 0.368 e. The molecule has 1 aromatic carbocycles. The third-order valence-electron chi connectivity index (χ3n) is 5.28. The third-order valence-corrected chi connectivity index (χ3v) is 5.28. The second kappa shape index (κ2) is 7.45. The van der Waals surface area contributed by atoms with Gasteiger partial charge in [-0.25, -0.2) is 0 Å². The lowest BCUT2D eigenvalue weighted by Crippen LogP contribution is -2.45. The highest BCUT2D eigenvalue weighted by molar-refractivity contribution is 5.81. The topological polar surface area (TPSA) is 41.6 Å². The molecule has 0 saturated carbocycles. The molecule has 4 nitrogen and oxygen atoms in total. The minimum absolute atomic E-state index is 0.0732. The van der Waals surface area contributed by atoms with Gasteiger partial charge in [0.25, 0.3) is 0 Å². The average molecular weight is 316 g/mol. The molecular formula is C19H28N2O2. The average Bonchev–Trinajstić information content (AvgIpc) is 3.17. The number of nitrogens with zero attached hydrogens (tertiary/aromatic N) is 1. The normalized spacial score (nSPS) is 29.6. The molecule has 0 aliphatic carbocycles. The van der Waals surface area contributed by atoms with Crippen LogP contribution in [0.2, 0.25) is 0 Å². The molecule has 0 bridgehead atoms.